The second-order valence-corrected chi connectivity index (χ2v) is 10.7. The molecule has 0 atom stereocenters. The summed E-state index contributed by atoms with van der Waals surface area (Å²) in [7, 11) is 0. The molecule has 0 unspecified atom stereocenters. The van der Waals surface area contributed by atoms with Crippen LogP contribution >= 0.6 is 0 Å². The lowest BCUT2D eigenvalue weighted by molar-refractivity contribution is 1.64. The van der Waals surface area contributed by atoms with Gasteiger partial charge in [0.15, 0.2) is 0 Å². The van der Waals surface area contributed by atoms with E-state index in [4.69, 9.17) is 0 Å². The number of rotatable bonds is 3. The summed E-state index contributed by atoms with van der Waals surface area (Å²) in [6, 6.07) is 57.7. The van der Waals surface area contributed by atoms with Crippen LogP contribution < -0.4 is 0 Å². The van der Waals surface area contributed by atoms with Crippen LogP contribution in [0, 0.1) is 0 Å². The molecule has 0 aliphatic rings. The molecule has 0 aliphatic heterocycles. The number of hydrogen-bond donors (Lipinski definition) is 0. The molecule has 0 aromatic heterocycles. The fourth-order valence-corrected chi connectivity index (χ4v) is 5.95. The highest BCUT2D eigenvalue weighted by Crippen LogP contribution is 2.33. The first-order valence-corrected chi connectivity index (χ1v) is 13.8. The first kappa shape index (κ1) is 22.8. The highest BCUT2D eigenvalue weighted by Gasteiger charge is 2.07. The maximum absolute atomic E-state index is 2.31. The topological polar surface area (TPSA) is 0 Å². The van der Waals surface area contributed by atoms with Crippen molar-refractivity contribution in [3.63, 3.8) is 0 Å². The van der Waals surface area contributed by atoms with Crippen molar-refractivity contribution >= 4 is 43.1 Å². The molecule has 40 heavy (non-hydrogen) atoms. The molecule has 0 amide bonds. The molecule has 0 spiro atoms. The number of benzene rings is 8. The van der Waals surface area contributed by atoms with E-state index in [-0.39, 0.29) is 0 Å². The molecule has 0 saturated heterocycles. The lowest BCUT2D eigenvalue weighted by Gasteiger charge is -2.10. The largest absolute Gasteiger partial charge is 0.0616 e. The average molecular weight is 507 g/mol. The van der Waals surface area contributed by atoms with Crippen LogP contribution in [0.25, 0.3) is 76.5 Å². The van der Waals surface area contributed by atoms with Crippen molar-refractivity contribution in [2.75, 3.05) is 0 Å². The summed E-state index contributed by atoms with van der Waals surface area (Å²) >= 11 is 0. The van der Waals surface area contributed by atoms with E-state index in [9.17, 15) is 0 Å². The van der Waals surface area contributed by atoms with Crippen LogP contribution in [0.2, 0.25) is 0 Å². The summed E-state index contributed by atoms with van der Waals surface area (Å²) in [5.41, 5.74) is 7.49. The van der Waals surface area contributed by atoms with Crippen molar-refractivity contribution in [2.45, 2.75) is 0 Å². The van der Waals surface area contributed by atoms with E-state index in [0.29, 0.717) is 0 Å². The molecule has 0 heterocycles. The van der Waals surface area contributed by atoms with Gasteiger partial charge in [-0.2, -0.15) is 0 Å². The molecular weight excluding hydrogens is 480 g/mol. The zero-order chi connectivity index (χ0) is 26.5. The van der Waals surface area contributed by atoms with Gasteiger partial charge in [-0.3, -0.25) is 0 Å². The summed E-state index contributed by atoms with van der Waals surface area (Å²) in [6.07, 6.45) is 0. The van der Waals surface area contributed by atoms with E-state index < -0.39 is 0 Å². The van der Waals surface area contributed by atoms with E-state index in [1.54, 1.807) is 0 Å². The molecule has 0 nitrogen and oxygen atoms in total. The molecule has 0 saturated carbocycles. The molecule has 8 aromatic rings. The Morgan fingerprint density at radius 2 is 0.375 bits per heavy atom. The predicted octanol–water partition coefficient (Wildman–Crippen LogP) is 11.3. The minimum Gasteiger partial charge on any atom is -0.0616 e. The fraction of sp³-hybridized carbons (Fsp3) is 0. The van der Waals surface area contributed by atoms with Crippen LogP contribution in [0.1, 0.15) is 0 Å². The molecule has 8 rings (SSSR count). The Hall–Kier alpha value is -5.20. The molecule has 186 valence electrons. The summed E-state index contributed by atoms with van der Waals surface area (Å²) in [5, 5.41) is 10.1. The molecular formula is C40H26. The van der Waals surface area contributed by atoms with Crippen LogP contribution in [0.4, 0.5) is 0 Å². The Morgan fingerprint density at radius 3 is 0.650 bits per heavy atom. The highest BCUT2D eigenvalue weighted by molar-refractivity contribution is 5.96. The first-order valence-electron chi connectivity index (χ1n) is 13.8. The second-order valence-electron chi connectivity index (χ2n) is 10.7. The Balaban J connectivity index is 1.12. The lowest BCUT2D eigenvalue weighted by atomic mass is 9.94. The van der Waals surface area contributed by atoms with Gasteiger partial charge in [-0.05, 0) is 113 Å². The Labute approximate surface area is 233 Å². The molecule has 0 aliphatic carbocycles. The first-order chi connectivity index (χ1) is 19.8. The normalized spacial score (nSPS) is 11.5. The van der Waals surface area contributed by atoms with E-state index >= 15 is 0 Å². The standard InChI is InChI=1S/C40H26/c1-3-7-29-21-31(11-9-27(29)5-1)33-13-15-37-25-39(19-17-35(37)23-33)40-20-18-36-24-34(14-16-38(36)26-40)32-12-10-28-6-2-4-8-30(28)22-32/h1-26H. The van der Waals surface area contributed by atoms with Gasteiger partial charge in [-0.1, -0.05) is 121 Å². The smallest absolute Gasteiger partial charge is 0.0177 e. The van der Waals surface area contributed by atoms with Crippen molar-refractivity contribution in [1.82, 2.24) is 0 Å². The molecule has 0 radical (unpaired) electrons. The van der Waals surface area contributed by atoms with Gasteiger partial charge in [0.2, 0.25) is 0 Å². The van der Waals surface area contributed by atoms with E-state index in [1.807, 2.05) is 0 Å². The third-order valence-corrected chi connectivity index (χ3v) is 8.18. The van der Waals surface area contributed by atoms with E-state index in [2.05, 4.69) is 158 Å². The molecule has 0 heteroatoms. The third-order valence-electron chi connectivity index (χ3n) is 8.18. The molecule has 8 aromatic carbocycles. The second kappa shape index (κ2) is 9.22. The van der Waals surface area contributed by atoms with E-state index in [0.717, 1.165) is 0 Å². The Morgan fingerprint density at radius 1 is 0.175 bits per heavy atom. The van der Waals surface area contributed by atoms with Crippen molar-refractivity contribution in [1.29, 1.82) is 0 Å². The van der Waals surface area contributed by atoms with Gasteiger partial charge in [-0.15, -0.1) is 0 Å². The van der Waals surface area contributed by atoms with Crippen molar-refractivity contribution in [3.8, 4) is 33.4 Å². The Kier molecular flexibility index (Phi) is 5.24. The minimum atomic E-state index is 1.24. The predicted molar refractivity (Wildman–Crippen MR) is 173 cm³/mol. The summed E-state index contributed by atoms with van der Waals surface area (Å²) in [6.45, 7) is 0. The summed E-state index contributed by atoms with van der Waals surface area (Å²) in [5.74, 6) is 0. The van der Waals surface area contributed by atoms with Gasteiger partial charge in [-0.25, -0.2) is 0 Å². The maximum Gasteiger partial charge on any atom is -0.0177 e. The van der Waals surface area contributed by atoms with Crippen molar-refractivity contribution in [3.05, 3.63) is 158 Å². The van der Waals surface area contributed by atoms with Gasteiger partial charge in [0.05, 0.1) is 0 Å². The van der Waals surface area contributed by atoms with Gasteiger partial charge in [0, 0.05) is 0 Å². The monoisotopic (exact) mass is 506 g/mol. The fourth-order valence-electron chi connectivity index (χ4n) is 5.95. The van der Waals surface area contributed by atoms with Gasteiger partial charge in [0.1, 0.15) is 0 Å². The molecule has 0 fully saturated rings. The quantitative estimate of drug-likeness (QED) is 0.223. The highest BCUT2D eigenvalue weighted by atomic mass is 14.1. The lowest BCUT2D eigenvalue weighted by Crippen LogP contribution is -1.84. The van der Waals surface area contributed by atoms with Crippen LogP contribution in [0.3, 0.4) is 0 Å². The van der Waals surface area contributed by atoms with Crippen molar-refractivity contribution in [2.24, 2.45) is 0 Å². The SMILES string of the molecule is c1ccc2cc(-c3ccc4cc(-c5ccc6cc(-c7ccc8ccccc8c7)ccc6c5)ccc4c3)ccc2c1. The van der Waals surface area contributed by atoms with Gasteiger partial charge < -0.3 is 0 Å². The summed E-state index contributed by atoms with van der Waals surface area (Å²) < 4.78 is 0. The zero-order valence-corrected chi connectivity index (χ0v) is 22.0. The average Bonchev–Trinajstić information content (AvgIpc) is 3.03. The van der Waals surface area contributed by atoms with Crippen molar-refractivity contribution < 1.29 is 0 Å². The maximum atomic E-state index is 2.31. The van der Waals surface area contributed by atoms with Crippen LogP contribution in [0.15, 0.2) is 158 Å². The Bertz CT molecular complexity index is 2060. The third kappa shape index (κ3) is 4.02. The van der Waals surface area contributed by atoms with Crippen LogP contribution in [-0.4, -0.2) is 0 Å². The molecule has 0 bridgehead atoms. The molecule has 0 N–H and O–H groups in total. The van der Waals surface area contributed by atoms with Crippen LogP contribution in [0.5, 0.6) is 0 Å². The van der Waals surface area contributed by atoms with Gasteiger partial charge >= 0.3 is 0 Å². The number of hydrogen-bond acceptors (Lipinski definition) is 0. The van der Waals surface area contributed by atoms with Crippen LogP contribution in [-0.2, 0) is 0 Å². The zero-order valence-electron chi connectivity index (χ0n) is 22.0. The summed E-state index contributed by atoms with van der Waals surface area (Å²) in [4.78, 5) is 0. The number of fused-ring (bicyclic) bond motifs is 4. The van der Waals surface area contributed by atoms with E-state index in [1.165, 1.54) is 76.5 Å². The minimum absolute atomic E-state index is 1.24. The van der Waals surface area contributed by atoms with Gasteiger partial charge in [0.25, 0.3) is 0 Å².